The number of aryl methyl sites for hydroxylation is 1. The summed E-state index contributed by atoms with van der Waals surface area (Å²) in [7, 11) is 0. The zero-order valence-electron chi connectivity index (χ0n) is 25.4. The van der Waals surface area contributed by atoms with Gasteiger partial charge < -0.3 is 14.6 Å². The number of aromatic nitrogens is 2. The number of carbonyl (C=O) groups is 2. The average Bonchev–Trinajstić information content (AvgIpc) is 3.21. The Balaban J connectivity index is 1.37. The Kier molecular flexibility index (Phi) is 8.56. The predicted molar refractivity (Wildman–Crippen MR) is 175 cm³/mol. The highest BCUT2D eigenvalue weighted by atomic mass is 79.9. The maximum Gasteiger partial charge on any atom is 0.339 e. The topological polar surface area (TPSA) is 73.2 Å². The van der Waals surface area contributed by atoms with Crippen molar-refractivity contribution in [3.63, 3.8) is 0 Å². The third kappa shape index (κ3) is 6.73. The van der Waals surface area contributed by atoms with E-state index in [1.165, 1.54) is 0 Å². The van der Waals surface area contributed by atoms with Gasteiger partial charge in [0.15, 0.2) is 0 Å². The number of hydrogen-bond donors (Lipinski definition) is 1. The third-order valence-corrected chi connectivity index (χ3v) is 8.02. The number of pyridine rings is 1. The molecule has 1 N–H and O–H groups in total. The minimum absolute atomic E-state index is 0.136. The van der Waals surface area contributed by atoms with Crippen molar-refractivity contribution >= 4 is 38.7 Å². The summed E-state index contributed by atoms with van der Waals surface area (Å²) in [6.45, 7) is 12.4. The third-order valence-electron chi connectivity index (χ3n) is 7.58. The lowest BCUT2D eigenvalue weighted by Crippen LogP contribution is -2.27. The number of amides is 1. The summed E-state index contributed by atoms with van der Waals surface area (Å²) < 4.78 is 8.66. The van der Waals surface area contributed by atoms with Gasteiger partial charge in [0.2, 0.25) is 0 Å². The summed E-state index contributed by atoms with van der Waals surface area (Å²) in [4.78, 5) is 30.5. The molecule has 1 atom stereocenters. The van der Waals surface area contributed by atoms with Crippen LogP contribution in [0.1, 0.15) is 77.0 Å². The van der Waals surface area contributed by atoms with Crippen LogP contribution in [0.4, 0.5) is 0 Å². The number of nitrogens with zero attached hydrogens (tertiary/aromatic N) is 2. The van der Waals surface area contributed by atoms with Crippen molar-refractivity contribution in [2.45, 2.75) is 59.7 Å². The van der Waals surface area contributed by atoms with E-state index in [9.17, 15) is 9.59 Å². The second kappa shape index (κ2) is 12.2. The standard InChI is InChI=1S/C36H36BrN3O3/c1-22-24(3)40(32-19-18-27(20-30(22)32)34(41)38-23(2)31-12-9-13-33(37)39-31)21-25-14-16-26(17-15-25)28-10-7-8-11-29(28)35(42)43-36(4,5)6/h7-20,23H,21H2,1-6H3,(H,38,41)/t23-/m0/s1. The van der Waals surface area contributed by atoms with Crippen LogP contribution in [-0.4, -0.2) is 27.0 Å². The molecule has 0 saturated carbocycles. The van der Waals surface area contributed by atoms with Gasteiger partial charge in [-0.2, -0.15) is 0 Å². The summed E-state index contributed by atoms with van der Waals surface area (Å²) in [6.07, 6.45) is 0. The average molecular weight is 639 g/mol. The van der Waals surface area contributed by atoms with Crippen LogP contribution in [0.5, 0.6) is 0 Å². The Morgan fingerprint density at radius 1 is 0.953 bits per heavy atom. The summed E-state index contributed by atoms with van der Waals surface area (Å²) in [5, 5.41) is 4.12. The van der Waals surface area contributed by atoms with Crippen molar-refractivity contribution in [2.24, 2.45) is 0 Å². The lowest BCUT2D eigenvalue weighted by molar-refractivity contribution is 0.00703. The summed E-state index contributed by atoms with van der Waals surface area (Å²) in [5.74, 6) is -0.465. The van der Waals surface area contributed by atoms with Crippen molar-refractivity contribution in [1.82, 2.24) is 14.9 Å². The highest BCUT2D eigenvalue weighted by Gasteiger charge is 2.21. The molecular weight excluding hydrogens is 602 g/mol. The van der Waals surface area contributed by atoms with Crippen molar-refractivity contribution in [3.05, 3.63) is 123 Å². The second-order valence-electron chi connectivity index (χ2n) is 11.9. The van der Waals surface area contributed by atoms with Crippen LogP contribution in [-0.2, 0) is 11.3 Å². The van der Waals surface area contributed by atoms with Gasteiger partial charge in [-0.1, -0.05) is 48.5 Å². The molecule has 43 heavy (non-hydrogen) atoms. The van der Waals surface area contributed by atoms with Gasteiger partial charge in [-0.15, -0.1) is 0 Å². The molecule has 6 nitrogen and oxygen atoms in total. The Labute approximate surface area is 261 Å². The Hall–Kier alpha value is -4.23. The van der Waals surface area contributed by atoms with Gasteiger partial charge in [-0.05, 0) is 116 Å². The molecule has 7 heteroatoms. The van der Waals surface area contributed by atoms with Gasteiger partial charge in [-0.3, -0.25) is 4.79 Å². The number of esters is 1. The Bertz CT molecular complexity index is 1820. The molecule has 2 heterocycles. The van der Waals surface area contributed by atoms with E-state index in [0.29, 0.717) is 17.7 Å². The van der Waals surface area contributed by atoms with Crippen LogP contribution in [0.3, 0.4) is 0 Å². The predicted octanol–water partition coefficient (Wildman–Crippen LogP) is 8.58. The Morgan fingerprint density at radius 3 is 2.37 bits per heavy atom. The number of rotatable bonds is 7. The SMILES string of the molecule is Cc1c(C)n(Cc2ccc(-c3ccccc3C(=O)OC(C)(C)C)cc2)c2ccc(C(=O)N[C@@H](C)c3cccc(Br)n3)cc12. The summed E-state index contributed by atoms with van der Waals surface area (Å²) in [6, 6.07) is 27.2. The quantitative estimate of drug-likeness (QED) is 0.143. The number of fused-ring (bicyclic) bond motifs is 1. The lowest BCUT2D eigenvalue weighted by Gasteiger charge is -2.20. The highest BCUT2D eigenvalue weighted by molar-refractivity contribution is 9.10. The molecule has 0 saturated heterocycles. The van der Waals surface area contributed by atoms with Crippen molar-refractivity contribution in [3.8, 4) is 11.1 Å². The van der Waals surface area contributed by atoms with E-state index in [0.717, 1.165) is 49.1 Å². The first-order valence-electron chi connectivity index (χ1n) is 14.4. The zero-order chi connectivity index (χ0) is 30.9. The monoisotopic (exact) mass is 637 g/mol. The first-order valence-corrected chi connectivity index (χ1v) is 15.1. The molecule has 5 rings (SSSR count). The smallest absolute Gasteiger partial charge is 0.339 e. The molecule has 3 aromatic carbocycles. The van der Waals surface area contributed by atoms with Crippen LogP contribution in [0.15, 0.2) is 89.5 Å². The van der Waals surface area contributed by atoms with Crippen LogP contribution < -0.4 is 5.32 Å². The van der Waals surface area contributed by atoms with Crippen LogP contribution in [0, 0.1) is 13.8 Å². The van der Waals surface area contributed by atoms with Crippen LogP contribution in [0.2, 0.25) is 0 Å². The molecular formula is C36H36BrN3O3. The number of hydrogen-bond acceptors (Lipinski definition) is 4. The normalized spacial score (nSPS) is 12.3. The molecule has 0 fully saturated rings. The molecule has 220 valence electrons. The van der Waals surface area contributed by atoms with E-state index in [4.69, 9.17) is 4.74 Å². The molecule has 5 aromatic rings. The minimum Gasteiger partial charge on any atom is -0.456 e. The Morgan fingerprint density at radius 2 is 1.67 bits per heavy atom. The molecule has 0 bridgehead atoms. The molecule has 0 aliphatic heterocycles. The fourth-order valence-electron chi connectivity index (χ4n) is 5.23. The number of benzene rings is 3. The van der Waals surface area contributed by atoms with Gasteiger partial charge in [-0.25, -0.2) is 9.78 Å². The van der Waals surface area contributed by atoms with E-state index in [1.54, 1.807) is 0 Å². The molecule has 0 aliphatic rings. The first kappa shape index (κ1) is 30.2. The maximum absolute atomic E-state index is 13.1. The minimum atomic E-state index is -0.566. The van der Waals surface area contributed by atoms with Gasteiger partial charge in [0.25, 0.3) is 5.91 Å². The van der Waals surface area contributed by atoms with E-state index in [1.807, 2.05) is 88.4 Å². The largest absolute Gasteiger partial charge is 0.456 e. The molecule has 0 unspecified atom stereocenters. The van der Waals surface area contributed by atoms with Gasteiger partial charge in [0, 0.05) is 28.7 Å². The molecule has 0 spiro atoms. The number of ether oxygens (including phenoxy) is 1. The zero-order valence-corrected chi connectivity index (χ0v) is 27.0. The van der Waals surface area contributed by atoms with E-state index >= 15 is 0 Å². The van der Waals surface area contributed by atoms with Gasteiger partial charge in [0.1, 0.15) is 10.2 Å². The fourth-order valence-corrected chi connectivity index (χ4v) is 5.59. The first-order chi connectivity index (χ1) is 20.4. The molecule has 0 aliphatic carbocycles. The van der Waals surface area contributed by atoms with Crippen molar-refractivity contribution in [1.29, 1.82) is 0 Å². The van der Waals surface area contributed by atoms with Crippen molar-refractivity contribution in [2.75, 3.05) is 0 Å². The van der Waals surface area contributed by atoms with Crippen LogP contribution >= 0.6 is 15.9 Å². The summed E-state index contributed by atoms with van der Waals surface area (Å²) in [5.41, 5.74) is 7.70. The molecule has 0 radical (unpaired) electrons. The summed E-state index contributed by atoms with van der Waals surface area (Å²) >= 11 is 3.40. The maximum atomic E-state index is 13.1. The second-order valence-corrected chi connectivity index (χ2v) is 12.7. The molecule has 2 aromatic heterocycles. The number of carbonyl (C=O) groups excluding carboxylic acids is 2. The van der Waals surface area contributed by atoms with E-state index < -0.39 is 5.60 Å². The fraction of sp³-hybridized carbons (Fsp3) is 0.250. The molecule has 1 amide bonds. The van der Waals surface area contributed by atoms with Crippen molar-refractivity contribution < 1.29 is 14.3 Å². The number of nitrogens with one attached hydrogen (secondary N) is 1. The van der Waals surface area contributed by atoms with Crippen LogP contribution in [0.25, 0.3) is 22.0 Å². The van der Waals surface area contributed by atoms with E-state index in [2.05, 4.69) is 68.9 Å². The van der Waals surface area contributed by atoms with Gasteiger partial charge in [0.05, 0.1) is 17.3 Å². The highest BCUT2D eigenvalue weighted by Crippen LogP contribution is 2.30. The lowest BCUT2D eigenvalue weighted by atomic mass is 9.98. The van der Waals surface area contributed by atoms with Gasteiger partial charge >= 0.3 is 5.97 Å². The van der Waals surface area contributed by atoms with E-state index in [-0.39, 0.29) is 17.9 Å². The number of halogens is 1.